The number of nitrogens with zero attached hydrogens (tertiary/aromatic N) is 1. The van der Waals surface area contributed by atoms with Crippen LogP contribution in [-0.2, 0) is 6.42 Å². The highest BCUT2D eigenvalue weighted by molar-refractivity contribution is 5.93. The number of carbonyl (C=O) groups is 1. The molecule has 0 unspecified atom stereocenters. The summed E-state index contributed by atoms with van der Waals surface area (Å²) in [5, 5.41) is 9.02. The third kappa shape index (κ3) is 2.05. The van der Waals surface area contributed by atoms with E-state index in [2.05, 4.69) is 23.0 Å². The summed E-state index contributed by atoms with van der Waals surface area (Å²) in [6.07, 6.45) is 0.924. The highest BCUT2D eigenvalue weighted by Gasteiger charge is 2.10. The lowest BCUT2D eigenvalue weighted by Crippen LogP contribution is -1.94. The molecule has 0 spiro atoms. The monoisotopic (exact) mass is 266 g/mol. The Morgan fingerprint density at radius 2 is 2.05 bits per heavy atom. The van der Waals surface area contributed by atoms with E-state index in [0.717, 1.165) is 28.8 Å². The standard InChI is InChI=1S/C16H14N2O2/c1-2-10-5-3-4-6-12(10)15-17-13-8-7-11(16(19)20)9-14(13)18-15/h3-9H,2H2,1H3,(H,17,18)(H,19,20). The maximum Gasteiger partial charge on any atom is 0.335 e. The Morgan fingerprint density at radius 3 is 2.80 bits per heavy atom. The molecule has 100 valence electrons. The number of rotatable bonds is 3. The van der Waals surface area contributed by atoms with Gasteiger partial charge in [-0.3, -0.25) is 0 Å². The minimum atomic E-state index is -0.933. The van der Waals surface area contributed by atoms with Gasteiger partial charge in [-0.25, -0.2) is 9.78 Å². The Hall–Kier alpha value is -2.62. The van der Waals surface area contributed by atoms with E-state index in [1.165, 1.54) is 5.56 Å². The van der Waals surface area contributed by atoms with Crippen molar-refractivity contribution >= 4 is 17.0 Å². The van der Waals surface area contributed by atoms with Gasteiger partial charge in [-0.2, -0.15) is 0 Å². The van der Waals surface area contributed by atoms with Crippen molar-refractivity contribution < 1.29 is 9.90 Å². The van der Waals surface area contributed by atoms with E-state index < -0.39 is 5.97 Å². The summed E-state index contributed by atoms with van der Waals surface area (Å²) >= 11 is 0. The van der Waals surface area contributed by atoms with Crippen molar-refractivity contribution in [3.63, 3.8) is 0 Å². The fourth-order valence-corrected chi connectivity index (χ4v) is 2.33. The van der Waals surface area contributed by atoms with Crippen molar-refractivity contribution in [1.29, 1.82) is 0 Å². The maximum atomic E-state index is 11.0. The van der Waals surface area contributed by atoms with Gasteiger partial charge in [-0.1, -0.05) is 31.2 Å². The zero-order valence-corrected chi connectivity index (χ0v) is 11.1. The molecule has 4 heteroatoms. The Kier molecular flexibility index (Phi) is 2.99. The summed E-state index contributed by atoms with van der Waals surface area (Å²) < 4.78 is 0. The predicted molar refractivity (Wildman–Crippen MR) is 77.9 cm³/mol. The van der Waals surface area contributed by atoms with Crippen LogP contribution in [0.3, 0.4) is 0 Å². The second kappa shape index (κ2) is 4.81. The first-order chi connectivity index (χ1) is 9.69. The van der Waals surface area contributed by atoms with Crippen LogP contribution in [0.1, 0.15) is 22.8 Å². The highest BCUT2D eigenvalue weighted by atomic mass is 16.4. The number of benzene rings is 2. The highest BCUT2D eigenvalue weighted by Crippen LogP contribution is 2.24. The number of H-pyrrole nitrogens is 1. The Labute approximate surface area is 116 Å². The Morgan fingerprint density at radius 1 is 1.25 bits per heavy atom. The van der Waals surface area contributed by atoms with Gasteiger partial charge < -0.3 is 10.1 Å². The molecular formula is C16H14N2O2. The number of fused-ring (bicyclic) bond motifs is 1. The van der Waals surface area contributed by atoms with Crippen LogP contribution in [0.4, 0.5) is 0 Å². The Bertz CT molecular complexity index is 790. The third-order valence-corrected chi connectivity index (χ3v) is 3.38. The average molecular weight is 266 g/mol. The van der Waals surface area contributed by atoms with Crippen molar-refractivity contribution in [2.24, 2.45) is 0 Å². The Balaban J connectivity index is 2.15. The average Bonchev–Trinajstić information content (AvgIpc) is 2.89. The number of imidazole rings is 1. The lowest BCUT2D eigenvalue weighted by atomic mass is 10.1. The van der Waals surface area contributed by atoms with Crippen LogP contribution >= 0.6 is 0 Å². The van der Waals surface area contributed by atoms with E-state index in [1.807, 2.05) is 18.2 Å². The predicted octanol–water partition coefficient (Wildman–Crippen LogP) is 3.49. The zero-order chi connectivity index (χ0) is 14.1. The minimum absolute atomic E-state index is 0.261. The van der Waals surface area contributed by atoms with Crippen molar-refractivity contribution in [2.45, 2.75) is 13.3 Å². The molecule has 0 amide bonds. The summed E-state index contributed by atoms with van der Waals surface area (Å²) in [7, 11) is 0. The molecule has 0 aliphatic heterocycles. The van der Waals surface area contributed by atoms with Gasteiger partial charge in [0.1, 0.15) is 5.82 Å². The van der Waals surface area contributed by atoms with Crippen molar-refractivity contribution in [2.75, 3.05) is 0 Å². The van der Waals surface area contributed by atoms with E-state index in [4.69, 9.17) is 5.11 Å². The van der Waals surface area contributed by atoms with Crippen LogP contribution in [0.25, 0.3) is 22.4 Å². The van der Waals surface area contributed by atoms with E-state index in [1.54, 1.807) is 18.2 Å². The first-order valence-electron chi connectivity index (χ1n) is 6.50. The number of carboxylic acids is 1. The van der Waals surface area contributed by atoms with Crippen LogP contribution in [0, 0.1) is 0 Å². The van der Waals surface area contributed by atoms with Crippen molar-refractivity contribution in [1.82, 2.24) is 9.97 Å². The van der Waals surface area contributed by atoms with Crippen LogP contribution in [0.5, 0.6) is 0 Å². The summed E-state index contributed by atoms with van der Waals surface area (Å²) in [6.45, 7) is 2.10. The lowest BCUT2D eigenvalue weighted by molar-refractivity contribution is 0.0697. The smallest absolute Gasteiger partial charge is 0.335 e. The summed E-state index contributed by atoms with van der Waals surface area (Å²) in [5.41, 5.74) is 4.05. The number of aryl methyl sites for hydroxylation is 1. The molecule has 1 aromatic heterocycles. The lowest BCUT2D eigenvalue weighted by Gasteiger charge is -2.03. The minimum Gasteiger partial charge on any atom is -0.478 e. The normalized spacial score (nSPS) is 10.8. The molecule has 1 heterocycles. The summed E-state index contributed by atoms with van der Waals surface area (Å²) in [6, 6.07) is 13.0. The van der Waals surface area contributed by atoms with Gasteiger partial charge in [-0.05, 0) is 30.2 Å². The molecule has 0 aliphatic rings. The molecule has 0 aliphatic carbocycles. The molecule has 4 nitrogen and oxygen atoms in total. The van der Waals surface area contributed by atoms with Crippen LogP contribution < -0.4 is 0 Å². The molecule has 3 rings (SSSR count). The molecule has 20 heavy (non-hydrogen) atoms. The summed E-state index contributed by atoms with van der Waals surface area (Å²) in [5.74, 6) is -0.156. The molecule has 2 N–H and O–H groups in total. The molecule has 0 bridgehead atoms. The van der Waals surface area contributed by atoms with Crippen LogP contribution in [-0.4, -0.2) is 21.0 Å². The molecule has 0 radical (unpaired) electrons. The number of hydrogen-bond acceptors (Lipinski definition) is 2. The van der Waals surface area contributed by atoms with Gasteiger partial charge in [0.15, 0.2) is 0 Å². The van der Waals surface area contributed by atoms with Gasteiger partial charge in [0.05, 0.1) is 16.6 Å². The number of nitrogens with one attached hydrogen (secondary N) is 1. The number of carboxylic acid groups (broad SMARTS) is 1. The van der Waals surface area contributed by atoms with E-state index in [-0.39, 0.29) is 5.56 Å². The molecule has 0 atom stereocenters. The van der Waals surface area contributed by atoms with Gasteiger partial charge >= 0.3 is 5.97 Å². The molecule has 0 fully saturated rings. The zero-order valence-electron chi connectivity index (χ0n) is 11.1. The largest absolute Gasteiger partial charge is 0.478 e. The fraction of sp³-hybridized carbons (Fsp3) is 0.125. The van der Waals surface area contributed by atoms with Crippen LogP contribution in [0.15, 0.2) is 42.5 Å². The number of hydrogen-bond donors (Lipinski definition) is 2. The molecule has 3 aromatic rings. The second-order valence-electron chi connectivity index (χ2n) is 4.63. The summed E-state index contributed by atoms with van der Waals surface area (Å²) in [4.78, 5) is 18.7. The fourth-order valence-electron chi connectivity index (χ4n) is 2.33. The first kappa shape index (κ1) is 12.4. The van der Waals surface area contributed by atoms with E-state index >= 15 is 0 Å². The van der Waals surface area contributed by atoms with E-state index in [9.17, 15) is 4.79 Å². The maximum absolute atomic E-state index is 11.0. The number of aromatic nitrogens is 2. The number of aromatic amines is 1. The van der Waals surface area contributed by atoms with Crippen molar-refractivity contribution in [3.8, 4) is 11.4 Å². The van der Waals surface area contributed by atoms with Gasteiger partial charge in [0.2, 0.25) is 0 Å². The molecule has 0 saturated carbocycles. The van der Waals surface area contributed by atoms with Gasteiger partial charge in [-0.15, -0.1) is 0 Å². The number of aromatic carboxylic acids is 1. The molecule has 0 saturated heterocycles. The topological polar surface area (TPSA) is 66.0 Å². The van der Waals surface area contributed by atoms with Crippen molar-refractivity contribution in [3.05, 3.63) is 53.6 Å². The second-order valence-corrected chi connectivity index (χ2v) is 4.63. The van der Waals surface area contributed by atoms with Crippen LogP contribution in [0.2, 0.25) is 0 Å². The van der Waals surface area contributed by atoms with E-state index in [0.29, 0.717) is 0 Å². The third-order valence-electron chi connectivity index (χ3n) is 3.38. The van der Waals surface area contributed by atoms with Gasteiger partial charge in [0.25, 0.3) is 0 Å². The molecule has 2 aromatic carbocycles. The first-order valence-corrected chi connectivity index (χ1v) is 6.50. The quantitative estimate of drug-likeness (QED) is 0.762. The van der Waals surface area contributed by atoms with Gasteiger partial charge in [0, 0.05) is 5.56 Å². The SMILES string of the molecule is CCc1ccccc1-c1nc2ccc(C(=O)O)cc2[nH]1. The molecular weight excluding hydrogens is 252 g/mol.